The molecule has 0 fully saturated rings. The van der Waals surface area contributed by atoms with Crippen LogP contribution in [0.15, 0.2) is 170 Å². The Morgan fingerprint density at radius 3 is 1.28 bits per heavy atom. The average Bonchev–Trinajstić information content (AvgIpc) is 3.62. The van der Waals surface area contributed by atoms with E-state index < -0.39 is 0 Å². The highest BCUT2D eigenvalue weighted by molar-refractivity contribution is 6.12. The van der Waals surface area contributed by atoms with Crippen LogP contribution >= 0.6 is 0 Å². The first-order chi connectivity index (χ1) is 22.8. The third-order valence-corrected chi connectivity index (χ3v) is 8.95. The van der Waals surface area contributed by atoms with E-state index in [1.807, 2.05) is 29.2 Å². The number of hydrogen-bond donors (Lipinski definition) is 0. The van der Waals surface area contributed by atoms with E-state index in [4.69, 9.17) is 0 Å². The highest BCUT2D eigenvalue weighted by atomic mass is 19.1. The number of halogens is 1. The Kier molecular flexibility index (Phi) is 6.00. The summed E-state index contributed by atoms with van der Waals surface area (Å²) in [5, 5.41) is 4.52. The van der Waals surface area contributed by atoms with Crippen molar-refractivity contribution in [2.24, 2.45) is 0 Å². The SMILES string of the molecule is Fc1ccccc1N(c1ccc2c(c1)c1ccccc1n2-c1ccccc1)c1ccc2c(c1)c1ccccc1n2-c1ccccc1. The smallest absolute Gasteiger partial charge is 0.147 e. The molecule has 0 saturated carbocycles. The second-order valence-corrected chi connectivity index (χ2v) is 11.6. The summed E-state index contributed by atoms with van der Waals surface area (Å²) in [7, 11) is 0. The fourth-order valence-electron chi connectivity index (χ4n) is 6.97. The van der Waals surface area contributed by atoms with Crippen LogP contribution < -0.4 is 4.90 Å². The summed E-state index contributed by atoms with van der Waals surface area (Å²) in [5.41, 5.74) is 8.96. The van der Waals surface area contributed by atoms with Crippen LogP contribution in [0.2, 0.25) is 0 Å². The van der Waals surface area contributed by atoms with Crippen LogP contribution in [0.5, 0.6) is 0 Å². The molecule has 46 heavy (non-hydrogen) atoms. The van der Waals surface area contributed by atoms with Gasteiger partial charge >= 0.3 is 0 Å². The molecule has 218 valence electrons. The summed E-state index contributed by atoms with van der Waals surface area (Å²) < 4.78 is 20.3. The topological polar surface area (TPSA) is 13.1 Å². The number of aromatic nitrogens is 2. The number of anilines is 3. The maximum atomic E-state index is 15.7. The van der Waals surface area contributed by atoms with Gasteiger partial charge in [-0.05, 0) is 84.9 Å². The monoisotopic (exact) mass is 593 g/mol. The summed E-state index contributed by atoms with van der Waals surface area (Å²) in [6.45, 7) is 0. The van der Waals surface area contributed by atoms with E-state index in [-0.39, 0.29) is 5.82 Å². The maximum Gasteiger partial charge on any atom is 0.147 e. The molecule has 0 aliphatic heterocycles. The van der Waals surface area contributed by atoms with Gasteiger partial charge in [-0.3, -0.25) is 0 Å². The van der Waals surface area contributed by atoms with Crippen molar-refractivity contribution in [2.45, 2.75) is 0 Å². The van der Waals surface area contributed by atoms with Crippen molar-refractivity contribution in [3.05, 3.63) is 176 Å². The van der Waals surface area contributed by atoms with Gasteiger partial charge in [-0.2, -0.15) is 0 Å². The molecule has 0 amide bonds. The summed E-state index contributed by atoms with van der Waals surface area (Å²) in [4.78, 5) is 2.04. The van der Waals surface area contributed by atoms with Gasteiger partial charge in [-0.25, -0.2) is 4.39 Å². The van der Waals surface area contributed by atoms with Crippen LogP contribution in [0.4, 0.5) is 21.5 Å². The Balaban J connectivity index is 1.30. The van der Waals surface area contributed by atoms with Gasteiger partial charge in [-0.15, -0.1) is 0 Å². The fourth-order valence-corrected chi connectivity index (χ4v) is 6.97. The summed E-state index contributed by atoms with van der Waals surface area (Å²) in [6, 6.07) is 57.7. The van der Waals surface area contributed by atoms with E-state index in [9.17, 15) is 0 Å². The van der Waals surface area contributed by atoms with Gasteiger partial charge in [0.25, 0.3) is 0 Å². The molecule has 0 N–H and O–H groups in total. The molecule has 0 saturated heterocycles. The van der Waals surface area contributed by atoms with Crippen LogP contribution in [0, 0.1) is 5.82 Å². The normalized spacial score (nSPS) is 11.6. The summed E-state index contributed by atoms with van der Waals surface area (Å²) in [6.07, 6.45) is 0. The molecule has 0 aliphatic rings. The Hall–Kier alpha value is -6.13. The molecule has 0 aliphatic carbocycles. The predicted molar refractivity (Wildman–Crippen MR) is 190 cm³/mol. The second-order valence-electron chi connectivity index (χ2n) is 11.6. The average molecular weight is 594 g/mol. The Bertz CT molecular complexity index is 2390. The Morgan fingerprint density at radius 2 is 0.783 bits per heavy atom. The molecule has 0 unspecified atom stereocenters. The Morgan fingerprint density at radius 1 is 0.370 bits per heavy atom. The zero-order valence-corrected chi connectivity index (χ0v) is 24.9. The molecule has 7 aromatic carbocycles. The van der Waals surface area contributed by atoms with Crippen LogP contribution in [0.1, 0.15) is 0 Å². The number of hydrogen-bond acceptors (Lipinski definition) is 1. The zero-order chi connectivity index (χ0) is 30.6. The van der Waals surface area contributed by atoms with Crippen LogP contribution in [-0.2, 0) is 0 Å². The number of nitrogens with zero attached hydrogens (tertiary/aromatic N) is 3. The van der Waals surface area contributed by atoms with Crippen molar-refractivity contribution in [3.63, 3.8) is 0 Å². The molecule has 4 heteroatoms. The number of fused-ring (bicyclic) bond motifs is 6. The van der Waals surface area contributed by atoms with E-state index in [2.05, 4.69) is 143 Å². The predicted octanol–water partition coefficient (Wildman–Crippen LogP) is 11.5. The lowest BCUT2D eigenvalue weighted by atomic mass is 10.1. The van der Waals surface area contributed by atoms with E-state index in [1.165, 1.54) is 6.07 Å². The molecule has 2 aromatic heterocycles. The fraction of sp³-hybridized carbons (Fsp3) is 0. The molecular weight excluding hydrogens is 565 g/mol. The van der Waals surface area contributed by atoms with Gasteiger partial charge < -0.3 is 14.0 Å². The van der Waals surface area contributed by atoms with Crippen molar-refractivity contribution in [1.29, 1.82) is 0 Å². The minimum Gasteiger partial charge on any atom is -0.309 e. The standard InChI is InChI=1S/C42H28FN3/c43-37-19-9-12-22-42(37)44(31-23-25-40-35(27-31)33-17-7-10-20-38(33)45(40)29-13-3-1-4-14-29)32-24-26-41-36(28-32)34-18-8-11-21-39(34)46(41)30-15-5-2-6-16-30/h1-28H. The molecule has 0 atom stereocenters. The summed E-state index contributed by atoms with van der Waals surface area (Å²) in [5.74, 6) is -0.277. The molecule has 9 rings (SSSR count). The van der Waals surface area contributed by atoms with E-state index >= 15 is 4.39 Å². The minimum atomic E-state index is -0.277. The van der Waals surface area contributed by atoms with Crippen LogP contribution in [-0.4, -0.2) is 9.13 Å². The molecule has 3 nitrogen and oxygen atoms in total. The van der Waals surface area contributed by atoms with Gasteiger partial charge in [0.05, 0.1) is 27.8 Å². The highest BCUT2D eigenvalue weighted by Crippen LogP contribution is 2.42. The van der Waals surface area contributed by atoms with Crippen molar-refractivity contribution >= 4 is 60.7 Å². The molecule has 0 bridgehead atoms. The van der Waals surface area contributed by atoms with Crippen molar-refractivity contribution in [3.8, 4) is 11.4 Å². The second kappa shape index (κ2) is 10.5. The summed E-state index contributed by atoms with van der Waals surface area (Å²) >= 11 is 0. The first kappa shape index (κ1) is 26.3. The van der Waals surface area contributed by atoms with Crippen molar-refractivity contribution in [2.75, 3.05) is 4.90 Å². The van der Waals surface area contributed by atoms with Crippen LogP contribution in [0.25, 0.3) is 55.0 Å². The van der Waals surface area contributed by atoms with Gasteiger partial charge in [0.1, 0.15) is 5.82 Å². The lowest BCUT2D eigenvalue weighted by Gasteiger charge is -2.26. The molecule has 0 radical (unpaired) electrons. The van der Waals surface area contributed by atoms with E-state index in [0.29, 0.717) is 5.69 Å². The van der Waals surface area contributed by atoms with Crippen molar-refractivity contribution in [1.82, 2.24) is 9.13 Å². The lowest BCUT2D eigenvalue weighted by Crippen LogP contribution is -2.11. The number of benzene rings is 7. The van der Waals surface area contributed by atoms with Crippen LogP contribution in [0.3, 0.4) is 0 Å². The van der Waals surface area contributed by atoms with Gasteiger partial charge in [0.2, 0.25) is 0 Å². The largest absolute Gasteiger partial charge is 0.309 e. The first-order valence-corrected chi connectivity index (χ1v) is 15.5. The van der Waals surface area contributed by atoms with E-state index in [1.54, 1.807) is 6.07 Å². The lowest BCUT2D eigenvalue weighted by molar-refractivity contribution is 0.629. The van der Waals surface area contributed by atoms with Gasteiger partial charge in [0.15, 0.2) is 0 Å². The van der Waals surface area contributed by atoms with E-state index in [0.717, 1.165) is 66.4 Å². The van der Waals surface area contributed by atoms with Gasteiger partial charge in [-0.1, -0.05) is 84.9 Å². The Labute approximate surface area is 265 Å². The minimum absolute atomic E-state index is 0.277. The van der Waals surface area contributed by atoms with Gasteiger partial charge in [0, 0.05) is 44.3 Å². The maximum absolute atomic E-state index is 15.7. The molecule has 9 aromatic rings. The highest BCUT2D eigenvalue weighted by Gasteiger charge is 2.21. The molecular formula is C42H28FN3. The third-order valence-electron chi connectivity index (χ3n) is 8.95. The zero-order valence-electron chi connectivity index (χ0n) is 24.9. The third kappa shape index (κ3) is 4.04. The quantitative estimate of drug-likeness (QED) is 0.193. The first-order valence-electron chi connectivity index (χ1n) is 15.5. The number of rotatable bonds is 5. The molecule has 0 spiro atoms. The molecule has 2 heterocycles. The number of para-hydroxylation sites is 5. The van der Waals surface area contributed by atoms with Crippen molar-refractivity contribution < 1.29 is 4.39 Å².